The number of thioether (sulfide) groups is 8. The summed E-state index contributed by atoms with van der Waals surface area (Å²) in [5, 5.41) is 6.94. The van der Waals surface area contributed by atoms with E-state index in [1.807, 2.05) is 6.92 Å². The molecule has 0 bridgehead atoms. The van der Waals surface area contributed by atoms with E-state index in [0.717, 1.165) is 118 Å². The van der Waals surface area contributed by atoms with Gasteiger partial charge in [-0.3, -0.25) is 24.0 Å². The SMILES string of the molecule is CCCCC/C=C\C/C=C\CCCCCCCC(=O)OC.CCCCCC(CCC(CCCCCCCCC(=O)OC)SCC)SCC.CCCCCC(CCCC(CCCCCCCC(=O)OC)SCC)SCC.CCCCCCC(CC(CCCCCCCCC(=O)OC)SCC)SCC.CCCCCCC(CCC(CCCCCCCC(=O)OC)SCC)SCC.CCS. The van der Waals surface area contributed by atoms with Crippen LogP contribution < -0.4 is 0 Å². The number of ether oxygens (including phenoxy) is 5. The molecule has 0 aromatic rings. The van der Waals surface area contributed by atoms with Crippen LogP contribution in [0.3, 0.4) is 0 Å². The second-order valence-electron chi connectivity index (χ2n) is 35.7. The summed E-state index contributed by atoms with van der Waals surface area (Å²) in [6.45, 7) is 31.9. The fourth-order valence-corrected chi connectivity index (χ4v) is 25.5. The van der Waals surface area contributed by atoms with Gasteiger partial charge in [-0.05, 0) is 212 Å². The zero-order chi connectivity index (χ0) is 99.0. The Labute approximate surface area is 864 Å². The third-order valence-electron chi connectivity index (χ3n) is 24.0. The molecule has 0 saturated carbocycles. The second-order valence-corrected chi connectivity index (χ2v) is 49.0. The predicted molar refractivity (Wildman–Crippen MR) is 616 cm³/mol. The molecule has 10 nitrogen and oxygen atoms in total. The van der Waals surface area contributed by atoms with Crippen LogP contribution in [0.25, 0.3) is 0 Å². The molecule has 0 saturated heterocycles. The van der Waals surface area contributed by atoms with Crippen LogP contribution in [0.4, 0.5) is 0 Å². The molecule has 0 radical (unpaired) electrons. The Kier molecular flexibility index (Phi) is 135. The van der Waals surface area contributed by atoms with E-state index in [1.165, 1.54) is 415 Å². The number of hydrogen-bond donors (Lipinski definition) is 1. The van der Waals surface area contributed by atoms with Crippen molar-refractivity contribution in [1.82, 2.24) is 0 Å². The first-order valence-electron chi connectivity index (χ1n) is 55.6. The predicted octanol–water partition coefficient (Wildman–Crippen LogP) is 38.4. The van der Waals surface area contributed by atoms with Crippen molar-refractivity contribution in [2.24, 2.45) is 0 Å². The number of unbranched alkanes of at least 4 members (excludes halogenated alkanes) is 36. The first-order chi connectivity index (χ1) is 64.4. The van der Waals surface area contributed by atoms with Crippen molar-refractivity contribution in [2.75, 3.05) is 87.3 Å². The van der Waals surface area contributed by atoms with Gasteiger partial charge in [0.1, 0.15) is 0 Å². The molecule has 0 N–H and O–H groups in total. The maximum absolute atomic E-state index is 11.1. The molecule has 0 aromatic carbocycles. The Morgan fingerprint density at radius 1 is 0.205 bits per heavy atom. The molecule has 0 aliphatic heterocycles. The highest BCUT2D eigenvalue weighted by molar-refractivity contribution is 8.01. The molecule has 0 rings (SSSR count). The van der Waals surface area contributed by atoms with Gasteiger partial charge in [0.05, 0.1) is 35.5 Å². The first-order valence-corrected chi connectivity index (χ1v) is 64.6. The van der Waals surface area contributed by atoms with E-state index in [0.29, 0.717) is 32.1 Å². The van der Waals surface area contributed by atoms with Crippen molar-refractivity contribution < 1.29 is 47.7 Å². The van der Waals surface area contributed by atoms with E-state index in [9.17, 15) is 24.0 Å². The van der Waals surface area contributed by atoms with Crippen LogP contribution in [0.2, 0.25) is 0 Å². The monoisotopic (exact) mass is 2030 g/mol. The Morgan fingerprint density at radius 2 is 0.364 bits per heavy atom. The number of thiol groups is 1. The molecule has 0 aromatic heterocycles. The molecular formula is C113H224O10S9. The summed E-state index contributed by atoms with van der Waals surface area (Å²) < 4.78 is 23.4. The molecule has 8 unspecified atom stereocenters. The quantitative estimate of drug-likeness (QED) is 0.0203. The summed E-state index contributed by atoms with van der Waals surface area (Å²) in [6.07, 6.45) is 94.2. The highest BCUT2D eigenvalue weighted by Crippen LogP contribution is 2.35. The van der Waals surface area contributed by atoms with E-state index in [1.54, 1.807) is 0 Å². The summed E-state index contributed by atoms with van der Waals surface area (Å²) in [7, 11) is 7.35. The van der Waals surface area contributed by atoms with Crippen LogP contribution in [0.1, 0.15) is 534 Å². The summed E-state index contributed by atoms with van der Waals surface area (Å²) in [5.74, 6) is 10.6. The third-order valence-corrected chi connectivity index (χ3v) is 34.2. The topological polar surface area (TPSA) is 132 Å². The lowest BCUT2D eigenvalue weighted by Gasteiger charge is -2.23. The number of hydrogen-bond acceptors (Lipinski definition) is 19. The van der Waals surface area contributed by atoms with Gasteiger partial charge in [-0.2, -0.15) is 107 Å². The number of carbonyl (C=O) groups is 5. The molecule has 19 heteroatoms. The van der Waals surface area contributed by atoms with Gasteiger partial charge in [-0.15, -0.1) is 0 Å². The zero-order valence-electron chi connectivity index (χ0n) is 90.7. The van der Waals surface area contributed by atoms with Crippen LogP contribution in [0, 0.1) is 0 Å². The highest BCUT2D eigenvalue weighted by Gasteiger charge is 2.20. The van der Waals surface area contributed by atoms with Gasteiger partial charge in [-0.1, -0.05) is 365 Å². The smallest absolute Gasteiger partial charge is 0.305 e. The lowest BCUT2D eigenvalue weighted by Crippen LogP contribution is -2.14. The van der Waals surface area contributed by atoms with Crippen molar-refractivity contribution in [2.45, 2.75) is 576 Å². The van der Waals surface area contributed by atoms with Crippen LogP contribution in [0.5, 0.6) is 0 Å². The van der Waals surface area contributed by atoms with E-state index >= 15 is 0 Å². The Balaban J connectivity index is -0.000000374. The van der Waals surface area contributed by atoms with E-state index < -0.39 is 0 Å². The average Bonchev–Trinajstić information content (AvgIpc) is 1.05. The standard InChI is InChI=1S/4C23H46O2S2.C19H34O2.C2H6S/c1-5-8-13-16-21(26-6-2)19-20-22(27-7-3)17-14-11-9-10-12-15-18-23(24)25-4;1-5-8-12-16-21(26-6-2)18-15-19-22(27-7-3)17-13-10-9-11-14-20-23(24)25-4;1-5-8-9-14-17-21(26-6-2)20-22(27-7-3)18-15-12-10-11-13-16-19-23(24)25-4;1-5-8-9-13-16-21(26-6-2)19-20-22(27-7-3)17-14-11-10-12-15-18-23(24)25-4;1-3-4-5-6-7-8-9-10-11-12-13-14-15-16-17-18-19(20)21-2;1-2-3/h4*21-22H,5-20H2,1-4H3;7-8,10-11H,3-6,9,12-18H2,1-2H3;3H,2H2,1H3/b;;;;8-7-,11-10-;. The Hall–Kier alpha value is -0.0200. The minimum Gasteiger partial charge on any atom is -0.469 e. The molecular weight excluding hydrogens is 1810 g/mol. The number of methoxy groups -OCH3 is 5. The van der Waals surface area contributed by atoms with E-state index in [4.69, 9.17) is 4.74 Å². The maximum Gasteiger partial charge on any atom is 0.305 e. The minimum atomic E-state index is -0.0827. The normalized spacial score (nSPS) is 13.0. The van der Waals surface area contributed by atoms with Gasteiger partial charge in [0.25, 0.3) is 0 Å². The lowest BCUT2D eigenvalue weighted by molar-refractivity contribution is -0.141. The van der Waals surface area contributed by atoms with Gasteiger partial charge in [0.15, 0.2) is 0 Å². The lowest BCUT2D eigenvalue weighted by atomic mass is 10.0. The van der Waals surface area contributed by atoms with Crippen LogP contribution >= 0.6 is 107 Å². The van der Waals surface area contributed by atoms with Crippen molar-refractivity contribution in [3.05, 3.63) is 24.3 Å². The van der Waals surface area contributed by atoms with Gasteiger partial charge in [0, 0.05) is 74.1 Å². The molecule has 132 heavy (non-hydrogen) atoms. The molecule has 0 aliphatic rings. The maximum atomic E-state index is 11.1. The zero-order valence-corrected chi connectivity index (χ0v) is 98.1. The van der Waals surface area contributed by atoms with Crippen molar-refractivity contribution >= 4 is 137 Å². The fourth-order valence-electron chi connectivity index (χ4n) is 16.4. The number of esters is 5. The minimum absolute atomic E-state index is 0.0660. The first kappa shape index (κ1) is 143. The van der Waals surface area contributed by atoms with Gasteiger partial charge in [-0.25, -0.2) is 0 Å². The van der Waals surface area contributed by atoms with Crippen LogP contribution in [-0.4, -0.2) is 159 Å². The number of allylic oxidation sites excluding steroid dienone is 4. The van der Waals surface area contributed by atoms with Crippen molar-refractivity contribution in [3.63, 3.8) is 0 Å². The molecule has 0 amide bonds. The molecule has 0 fully saturated rings. The Bertz CT molecular complexity index is 2310. The molecule has 0 heterocycles. The highest BCUT2D eigenvalue weighted by atomic mass is 32.2. The Morgan fingerprint density at radius 3 is 0.591 bits per heavy atom. The summed E-state index contributed by atoms with van der Waals surface area (Å²) in [4.78, 5) is 55.3. The number of rotatable bonds is 94. The molecule has 8 atom stereocenters. The van der Waals surface area contributed by atoms with Gasteiger partial charge in [0.2, 0.25) is 0 Å². The molecule has 0 spiro atoms. The van der Waals surface area contributed by atoms with Gasteiger partial charge >= 0.3 is 29.8 Å². The van der Waals surface area contributed by atoms with Crippen LogP contribution in [-0.2, 0) is 47.7 Å². The average molecular weight is 2030 g/mol. The van der Waals surface area contributed by atoms with Crippen molar-refractivity contribution in [3.8, 4) is 0 Å². The van der Waals surface area contributed by atoms with Crippen molar-refractivity contribution in [1.29, 1.82) is 0 Å². The summed E-state index contributed by atoms with van der Waals surface area (Å²) in [6, 6.07) is 0. The molecule has 0 aliphatic carbocycles. The molecule has 790 valence electrons. The van der Waals surface area contributed by atoms with Gasteiger partial charge < -0.3 is 23.7 Å². The summed E-state index contributed by atoms with van der Waals surface area (Å²) in [5.41, 5.74) is 0. The van der Waals surface area contributed by atoms with E-state index in [-0.39, 0.29) is 29.8 Å². The fraction of sp³-hybridized carbons (Fsp3) is 0.920. The third kappa shape index (κ3) is 119. The number of carbonyl (C=O) groups excluding carboxylic acids is 5. The summed E-state index contributed by atoms with van der Waals surface area (Å²) >= 11 is 21.3. The van der Waals surface area contributed by atoms with Crippen LogP contribution in [0.15, 0.2) is 24.3 Å². The largest absolute Gasteiger partial charge is 0.469 e. The van der Waals surface area contributed by atoms with E-state index in [2.05, 4.69) is 240 Å². The second kappa shape index (κ2) is 125.